The zero-order valence-electron chi connectivity index (χ0n) is 18.1. The van der Waals surface area contributed by atoms with Gasteiger partial charge in [0.25, 0.3) is 0 Å². The fourth-order valence-corrected chi connectivity index (χ4v) is 4.22. The molecule has 1 amide bonds. The first kappa shape index (κ1) is 22.6. The number of rotatable bonds is 9. The minimum Gasteiger partial charge on any atom is -0.497 e. The van der Waals surface area contributed by atoms with Gasteiger partial charge in [0.2, 0.25) is 5.91 Å². The molecule has 2 aromatic rings. The molecular formula is C24H32ClN3O2. The van der Waals surface area contributed by atoms with Gasteiger partial charge in [-0.1, -0.05) is 35.9 Å². The second kappa shape index (κ2) is 10.8. The molecule has 2 atom stereocenters. The Morgan fingerprint density at radius 1 is 1.17 bits per heavy atom. The van der Waals surface area contributed by atoms with Crippen molar-refractivity contribution in [1.82, 2.24) is 15.1 Å². The highest BCUT2D eigenvalue weighted by molar-refractivity contribution is 6.30. The number of hydrogen-bond donors (Lipinski definition) is 1. The lowest BCUT2D eigenvalue weighted by Crippen LogP contribution is -2.45. The predicted molar refractivity (Wildman–Crippen MR) is 122 cm³/mol. The molecule has 3 rings (SSSR count). The minimum atomic E-state index is -0.108. The molecule has 0 radical (unpaired) electrons. The summed E-state index contributed by atoms with van der Waals surface area (Å²) in [7, 11) is 1.68. The summed E-state index contributed by atoms with van der Waals surface area (Å²) >= 11 is 6.04. The number of carbonyl (C=O) groups excluding carboxylic acids is 1. The number of halogens is 1. The van der Waals surface area contributed by atoms with E-state index in [2.05, 4.69) is 16.3 Å². The number of methoxy groups -OCH3 is 1. The van der Waals surface area contributed by atoms with Crippen molar-refractivity contribution in [3.63, 3.8) is 0 Å². The summed E-state index contributed by atoms with van der Waals surface area (Å²) in [6.07, 6.45) is 0.812. The van der Waals surface area contributed by atoms with Crippen molar-refractivity contribution in [2.45, 2.75) is 45.4 Å². The molecule has 0 spiro atoms. The van der Waals surface area contributed by atoms with E-state index in [-0.39, 0.29) is 18.0 Å². The molecule has 2 aromatic carbocycles. The molecule has 1 N–H and O–H groups in total. The van der Waals surface area contributed by atoms with Crippen LogP contribution >= 0.6 is 11.6 Å². The maximum atomic E-state index is 13.2. The number of hydrogen-bond acceptors (Lipinski definition) is 4. The van der Waals surface area contributed by atoms with Crippen LogP contribution in [0.5, 0.6) is 5.75 Å². The number of benzene rings is 2. The first-order valence-corrected chi connectivity index (χ1v) is 11.0. The van der Waals surface area contributed by atoms with Crippen LogP contribution in [0.2, 0.25) is 5.02 Å². The molecule has 1 heterocycles. The van der Waals surface area contributed by atoms with E-state index in [9.17, 15) is 4.79 Å². The molecule has 1 aliphatic heterocycles. The van der Waals surface area contributed by atoms with Gasteiger partial charge in [-0.15, -0.1) is 0 Å². The SMILES string of the molecule is CCN(CC)C(=O)[C@@H]1C[C@@H](NCc2cccc(OC)c2)CN1Cc1ccc(Cl)cc1. The Morgan fingerprint density at radius 2 is 1.90 bits per heavy atom. The fourth-order valence-electron chi connectivity index (χ4n) is 4.10. The number of carbonyl (C=O) groups is 1. The quantitative estimate of drug-likeness (QED) is 0.655. The van der Waals surface area contributed by atoms with Crippen molar-refractivity contribution in [2.75, 3.05) is 26.7 Å². The molecule has 0 aliphatic carbocycles. The predicted octanol–water partition coefficient (Wildman–Crippen LogP) is 3.95. The van der Waals surface area contributed by atoms with Gasteiger partial charge >= 0.3 is 0 Å². The maximum Gasteiger partial charge on any atom is 0.239 e. The van der Waals surface area contributed by atoms with Gasteiger partial charge in [0.05, 0.1) is 13.2 Å². The van der Waals surface area contributed by atoms with E-state index in [0.29, 0.717) is 0 Å². The average molecular weight is 430 g/mol. The van der Waals surface area contributed by atoms with Crippen LogP contribution in [0.3, 0.4) is 0 Å². The zero-order chi connectivity index (χ0) is 21.5. The van der Waals surface area contributed by atoms with E-state index in [1.165, 1.54) is 11.1 Å². The lowest BCUT2D eigenvalue weighted by atomic mass is 10.1. The molecule has 30 heavy (non-hydrogen) atoms. The Balaban J connectivity index is 1.69. The van der Waals surface area contributed by atoms with Gasteiger partial charge in [-0.05, 0) is 55.7 Å². The van der Waals surface area contributed by atoms with Crippen molar-refractivity contribution in [3.8, 4) is 5.75 Å². The van der Waals surface area contributed by atoms with Crippen LogP contribution in [-0.2, 0) is 17.9 Å². The Hall–Kier alpha value is -2.08. The average Bonchev–Trinajstić information content (AvgIpc) is 3.17. The summed E-state index contributed by atoms with van der Waals surface area (Å²) in [4.78, 5) is 17.4. The number of likely N-dealkylation sites (tertiary alicyclic amines) is 1. The Kier molecular flexibility index (Phi) is 8.14. The maximum absolute atomic E-state index is 13.2. The normalized spacial score (nSPS) is 19.1. The van der Waals surface area contributed by atoms with Crippen LogP contribution in [0.15, 0.2) is 48.5 Å². The first-order chi connectivity index (χ1) is 14.5. The second-order valence-electron chi connectivity index (χ2n) is 7.75. The van der Waals surface area contributed by atoms with Gasteiger partial charge in [0.15, 0.2) is 0 Å². The summed E-state index contributed by atoms with van der Waals surface area (Å²) in [5.41, 5.74) is 2.35. The highest BCUT2D eigenvalue weighted by atomic mass is 35.5. The third kappa shape index (κ3) is 5.75. The van der Waals surface area contributed by atoms with Crippen LogP contribution < -0.4 is 10.1 Å². The van der Waals surface area contributed by atoms with E-state index in [0.717, 1.165) is 49.9 Å². The van der Waals surface area contributed by atoms with Gasteiger partial charge in [-0.25, -0.2) is 0 Å². The van der Waals surface area contributed by atoms with E-state index in [4.69, 9.17) is 16.3 Å². The van der Waals surface area contributed by atoms with Gasteiger partial charge in [0, 0.05) is 43.8 Å². The summed E-state index contributed by atoms with van der Waals surface area (Å²) in [5.74, 6) is 1.08. The van der Waals surface area contributed by atoms with E-state index >= 15 is 0 Å². The molecule has 0 unspecified atom stereocenters. The minimum absolute atomic E-state index is 0.108. The van der Waals surface area contributed by atoms with Crippen molar-refractivity contribution in [3.05, 3.63) is 64.7 Å². The highest BCUT2D eigenvalue weighted by Crippen LogP contribution is 2.24. The van der Waals surface area contributed by atoms with Crippen LogP contribution in [0.25, 0.3) is 0 Å². The molecule has 162 valence electrons. The number of nitrogens with one attached hydrogen (secondary N) is 1. The number of nitrogens with zero attached hydrogens (tertiary/aromatic N) is 2. The topological polar surface area (TPSA) is 44.8 Å². The number of amides is 1. The van der Waals surface area contributed by atoms with Crippen molar-refractivity contribution in [2.24, 2.45) is 0 Å². The summed E-state index contributed by atoms with van der Waals surface area (Å²) < 4.78 is 5.32. The molecule has 6 heteroatoms. The molecule has 5 nitrogen and oxygen atoms in total. The number of likely N-dealkylation sites (N-methyl/N-ethyl adjacent to an activating group) is 1. The largest absolute Gasteiger partial charge is 0.497 e. The lowest BCUT2D eigenvalue weighted by Gasteiger charge is -2.28. The van der Waals surface area contributed by atoms with Crippen LogP contribution in [0.4, 0.5) is 0 Å². The van der Waals surface area contributed by atoms with Crippen molar-refractivity contribution in [1.29, 1.82) is 0 Å². The molecule has 0 saturated carbocycles. The van der Waals surface area contributed by atoms with Crippen LogP contribution in [0, 0.1) is 0 Å². The van der Waals surface area contributed by atoms with Gasteiger partial charge in [-0.3, -0.25) is 9.69 Å². The molecule has 1 aliphatic rings. The van der Waals surface area contributed by atoms with Gasteiger partial charge < -0.3 is 15.0 Å². The van der Waals surface area contributed by atoms with Crippen LogP contribution in [0.1, 0.15) is 31.4 Å². The Bertz CT molecular complexity index is 823. The van der Waals surface area contributed by atoms with Crippen molar-refractivity contribution < 1.29 is 9.53 Å². The van der Waals surface area contributed by atoms with E-state index < -0.39 is 0 Å². The standard InChI is InChI=1S/C24H32ClN3O2/c1-4-27(5-2)24(29)23-14-21(26-15-19-7-6-8-22(13-19)30-3)17-28(23)16-18-9-11-20(25)12-10-18/h6-13,21,23,26H,4-5,14-17H2,1-3H3/t21-,23+/m1/s1. The molecule has 1 fully saturated rings. The molecular weight excluding hydrogens is 398 g/mol. The third-order valence-electron chi connectivity index (χ3n) is 5.79. The molecule has 1 saturated heterocycles. The Morgan fingerprint density at radius 3 is 2.57 bits per heavy atom. The smallest absolute Gasteiger partial charge is 0.239 e. The van der Waals surface area contributed by atoms with Crippen LogP contribution in [-0.4, -0.2) is 54.5 Å². The Labute approximate surface area is 185 Å². The second-order valence-corrected chi connectivity index (χ2v) is 8.18. The van der Waals surface area contributed by atoms with Crippen molar-refractivity contribution >= 4 is 17.5 Å². The fraction of sp³-hybridized carbons (Fsp3) is 0.458. The summed E-state index contributed by atoms with van der Waals surface area (Å²) in [6, 6.07) is 16.1. The third-order valence-corrected chi connectivity index (χ3v) is 6.04. The molecule has 0 bridgehead atoms. The zero-order valence-corrected chi connectivity index (χ0v) is 18.9. The van der Waals surface area contributed by atoms with Gasteiger partial charge in [-0.2, -0.15) is 0 Å². The highest BCUT2D eigenvalue weighted by Gasteiger charge is 2.38. The van der Waals surface area contributed by atoms with E-state index in [1.54, 1.807) is 7.11 Å². The van der Waals surface area contributed by atoms with E-state index in [1.807, 2.05) is 61.2 Å². The summed E-state index contributed by atoms with van der Waals surface area (Å²) in [6.45, 7) is 7.89. The number of ether oxygens (including phenoxy) is 1. The monoisotopic (exact) mass is 429 g/mol. The summed E-state index contributed by atoms with van der Waals surface area (Å²) in [5, 5.41) is 4.38. The first-order valence-electron chi connectivity index (χ1n) is 10.7. The lowest BCUT2D eigenvalue weighted by molar-refractivity contribution is -0.135. The van der Waals surface area contributed by atoms with Gasteiger partial charge in [0.1, 0.15) is 5.75 Å². The molecule has 0 aromatic heterocycles.